The molecule has 0 aliphatic carbocycles. The van der Waals surface area contributed by atoms with E-state index in [-0.39, 0.29) is 37.2 Å². The van der Waals surface area contributed by atoms with Crippen molar-refractivity contribution < 1.29 is 23.2 Å². The molecule has 2 atom stereocenters. The SMILES string of the molecule is CN1C=CN2C=C(CN3CCC(F)(F)CC3)C=C(c3ccc4c(c3)CN(C3CCC(=O)NC3=O)C4=O)C12. The molecule has 1 aromatic carbocycles. The van der Waals surface area contributed by atoms with Gasteiger partial charge in [0.15, 0.2) is 0 Å². The molecule has 5 aliphatic rings. The topological polar surface area (TPSA) is 76.2 Å². The third-order valence-corrected chi connectivity index (χ3v) is 7.93. The number of fused-ring (bicyclic) bond motifs is 2. The van der Waals surface area contributed by atoms with Crippen LogP contribution >= 0.6 is 0 Å². The number of rotatable bonds is 4. The van der Waals surface area contributed by atoms with Crippen molar-refractivity contribution in [3.63, 3.8) is 0 Å². The fourth-order valence-electron chi connectivity index (χ4n) is 5.92. The number of carbonyl (C=O) groups excluding carboxylic acids is 3. The molecule has 1 N–H and O–H groups in total. The molecule has 8 nitrogen and oxygen atoms in total. The highest BCUT2D eigenvalue weighted by atomic mass is 19.3. The molecule has 0 bridgehead atoms. The Bertz CT molecular complexity index is 1260. The first-order valence-electron chi connectivity index (χ1n) is 12.7. The molecule has 6 rings (SSSR count). The largest absolute Gasteiger partial charge is 0.355 e. The molecule has 2 saturated heterocycles. The summed E-state index contributed by atoms with van der Waals surface area (Å²) in [6, 6.07) is 5.12. The van der Waals surface area contributed by atoms with Crippen molar-refractivity contribution in [2.75, 3.05) is 26.7 Å². The van der Waals surface area contributed by atoms with Gasteiger partial charge in [-0.25, -0.2) is 8.78 Å². The Morgan fingerprint density at radius 3 is 2.65 bits per heavy atom. The Morgan fingerprint density at radius 1 is 1.11 bits per heavy atom. The molecule has 10 heteroatoms. The maximum Gasteiger partial charge on any atom is 0.255 e. The molecule has 0 radical (unpaired) electrons. The zero-order valence-corrected chi connectivity index (χ0v) is 20.6. The maximum absolute atomic E-state index is 13.6. The average Bonchev–Trinajstić information content (AvgIpc) is 3.39. The van der Waals surface area contributed by atoms with E-state index in [0.717, 1.165) is 22.3 Å². The third-order valence-electron chi connectivity index (χ3n) is 7.93. The van der Waals surface area contributed by atoms with Gasteiger partial charge in [-0.2, -0.15) is 0 Å². The highest BCUT2D eigenvalue weighted by Gasteiger charge is 2.40. The Hall–Kier alpha value is -3.53. The van der Waals surface area contributed by atoms with E-state index < -0.39 is 17.9 Å². The van der Waals surface area contributed by atoms with Crippen molar-refractivity contribution in [3.8, 4) is 0 Å². The van der Waals surface area contributed by atoms with Gasteiger partial charge in [0.25, 0.3) is 11.8 Å². The van der Waals surface area contributed by atoms with Crippen molar-refractivity contribution in [1.29, 1.82) is 0 Å². The molecule has 5 aliphatic heterocycles. The smallest absolute Gasteiger partial charge is 0.255 e. The molecule has 1 aromatic rings. The van der Waals surface area contributed by atoms with Gasteiger partial charge in [-0.05, 0) is 41.3 Å². The van der Waals surface area contributed by atoms with Gasteiger partial charge in [-0.3, -0.25) is 24.6 Å². The number of likely N-dealkylation sites (tertiary alicyclic amines) is 1. The first kappa shape index (κ1) is 23.8. The van der Waals surface area contributed by atoms with Gasteiger partial charge < -0.3 is 14.7 Å². The molecular weight excluding hydrogens is 480 g/mol. The Morgan fingerprint density at radius 2 is 1.89 bits per heavy atom. The summed E-state index contributed by atoms with van der Waals surface area (Å²) in [6.07, 6.45) is 8.47. The van der Waals surface area contributed by atoms with Gasteiger partial charge in [-0.15, -0.1) is 0 Å². The second-order valence-corrected chi connectivity index (χ2v) is 10.5. The molecule has 0 aromatic heterocycles. The number of imide groups is 1. The van der Waals surface area contributed by atoms with Crippen LogP contribution in [0.4, 0.5) is 8.78 Å². The van der Waals surface area contributed by atoms with Gasteiger partial charge in [0.05, 0.1) is 0 Å². The second kappa shape index (κ2) is 8.79. The van der Waals surface area contributed by atoms with E-state index in [4.69, 9.17) is 0 Å². The summed E-state index contributed by atoms with van der Waals surface area (Å²) in [6.45, 7) is 1.63. The van der Waals surface area contributed by atoms with Gasteiger partial charge in [0.1, 0.15) is 12.2 Å². The third kappa shape index (κ3) is 4.33. The molecule has 0 saturated carbocycles. The number of hydrogen-bond donors (Lipinski definition) is 1. The number of amides is 3. The van der Waals surface area contributed by atoms with Crippen molar-refractivity contribution in [2.45, 2.75) is 50.4 Å². The van der Waals surface area contributed by atoms with Crippen LogP contribution in [-0.4, -0.2) is 82.1 Å². The predicted molar refractivity (Wildman–Crippen MR) is 132 cm³/mol. The standard InChI is InChI=1S/C27H29F2N5O3/c1-31-10-11-33-15-17(14-32-8-6-27(28,29)7-9-32)12-21(25(31)33)18-2-3-20-19(13-18)16-34(26(20)37)22-4-5-23(35)30-24(22)36/h2-3,10-13,15,22,25H,4-9,14,16H2,1H3,(H,30,35,36). The van der Waals surface area contributed by atoms with Gasteiger partial charge in [0, 0.05) is 82.2 Å². The average molecular weight is 510 g/mol. The summed E-state index contributed by atoms with van der Waals surface area (Å²) in [5, 5.41) is 2.34. The Labute approximate surface area is 213 Å². The van der Waals surface area contributed by atoms with E-state index in [1.807, 2.05) is 37.6 Å². The van der Waals surface area contributed by atoms with E-state index >= 15 is 0 Å². The molecule has 194 valence electrons. The number of nitrogens with one attached hydrogen (secondary N) is 1. The van der Waals surface area contributed by atoms with E-state index in [9.17, 15) is 23.2 Å². The Kier molecular flexibility index (Phi) is 5.67. The lowest BCUT2D eigenvalue weighted by molar-refractivity contribution is -0.136. The number of hydrogen-bond acceptors (Lipinski definition) is 6. The van der Waals surface area contributed by atoms with Crippen LogP contribution in [0.1, 0.15) is 47.2 Å². The zero-order valence-electron chi connectivity index (χ0n) is 20.6. The number of carbonyl (C=O) groups is 3. The Balaban J connectivity index is 1.26. The monoisotopic (exact) mass is 509 g/mol. The molecule has 37 heavy (non-hydrogen) atoms. The fraction of sp³-hybridized carbons (Fsp3) is 0.444. The summed E-state index contributed by atoms with van der Waals surface area (Å²) in [4.78, 5) is 44.9. The lowest BCUT2D eigenvalue weighted by Crippen LogP contribution is -2.52. The normalized spacial score (nSPS) is 27.2. The molecule has 3 amide bonds. The van der Waals surface area contributed by atoms with E-state index in [1.54, 1.807) is 4.90 Å². The van der Waals surface area contributed by atoms with Crippen LogP contribution in [-0.2, 0) is 16.1 Å². The van der Waals surface area contributed by atoms with Crippen LogP contribution in [0.15, 0.2) is 48.4 Å². The van der Waals surface area contributed by atoms with Crippen molar-refractivity contribution >= 4 is 23.3 Å². The number of halogens is 2. The number of likely N-dealkylation sites (N-methyl/N-ethyl adjacent to an activating group) is 1. The molecule has 2 unspecified atom stereocenters. The lowest BCUT2D eigenvalue weighted by Gasteiger charge is -2.36. The minimum absolute atomic E-state index is 0.0455. The van der Waals surface area contributed by atoms with E-state index in [2.05, 4.69) is 32.3 Å². The van der Waals surface area contributed by atoms with Gasteiger partial charge in [0.2, 0.25) is 11.8 Å². The highest BCUT2D eigenvalue weighted by Crippen LogP contribution is 2.37. The quantitative estimate of drug-likeness (QED) is 0.629. The van der Waals surface area contributed by atoms with Gasteiger partial charge in [-0.1, -0.05) is 6.07 Å². The van der Waals surface area contributed by atoms with Crippen LogP contribution in [0.5, 0.6) is 0 Å². The van der Waals surface area contributed by atoms with Crippen molar-refractivity contribution in [1.82, 2.24) is 24.9 Å². The zero-order chi connectivity index (χ0) is 25.9. The summed E-state index contributed by atoms with van der Waals surface area (Å²) >= 11 is 0. The minimum Gasteiger partial charge on any atom is -0.355 e. The highest BCUT2D eigenvalue weighted by molar-refractivity contribution is 6.05. The molecule has 2 fully saturated rings. The summed E-state index contributed by atoms with van der Waals surface area (Å²) < 4.78 is 27.3. The minimum atomic E-state index is -2.58. The van der Waals surface area contributed by atoms with Crippen LogP contribution in [0.25, 0.3) is 5.57 Å². The summed E-state index contributed by atoms with van der Waals surface area (Å²) in [5.41, 5.74) is 4.49. The number of benzene rings is 1. The second-order valence-electron chi connectivity index (χ2n) is 10.5. The molecule has 5 heterocycles. The van der Waals surface area contributed by atoms with Crippen LogP contribution in [0.2, 0.25) is 0 Å². The first-order valence-corrected chi connectivity index (χ1v) is 12.7. The molecule has 0 spiro atoms. The number of piperidine rings is 2. The van der Waals surface area contributed by atoms with Crippen molar-refractivity contribution in [3.05, 3.63) is 65.1 Å². The summed E-state index contributed by atoms with van der Waals surface area (Å²) in [7, 11) is 2.00. The first-order chi connectivity index (χ1) is 17.7. The van der Waals surface area contributed by atoms with Gasteiger partial charge >= 0.3 is 0 Å². The summed E-state index contributed by atoms with van der Waals surface area (Å²) in [5.74, 6) is -3.50. The van der Waals surface area contributed by atoms with E-state index in [1.165, 1.54) is 0 Å². The number of alkyl halides is 2. The number of nitrogens with zero attached hydrogens (tertiary/aromatic N) is 4. The van der Waals surface area contributed by atoms with Crippen LogP contribution in [0, 0.1) is 0 Å². The molecular formula is C27H29F2N5O3. The maximum atomic E-state index is 13.6. The van der Waals surface area contributed by atoms with Crippen LogP contribution in [0.3, 0.4) is 0 Å². The fourth-order valence-corrected chi connectivity index (χ4v) is 5.92. The van der Waals surface area contributed by atoms with E-state index in [0.29, 0.717) is 38.2 Å². The van der Waals surface area contributed by atoms with Crippen molar-refractivity contribution in [2.24, 2.45) is 0 Å². The van der Waals surface area contributed by atoms with Crippen LogP contribution < -0.4 is 5.32 Å². The predicted octanol–water partition coefficient (Wildman–Crippen LogP) is 2.50. The lowest BCUT2D eigenvalue weighted by atomic mass is 9.94.